The van der Waals surface area contributed by atoms with Crippen molar-refractivity contribution in [1.82, 2.24) is 10.6 Å². The number of imide groups is 1. The number of hydrogen-bond donors (Lipinski definition) is 2. The molecule has 2 N–H and O–H groups in total. The van der Waals surface area contributed by atoms with E-state index in [4.69, 9.17) is 0 Å². The van der Waals surface area contributed by atoms with Crippen molar-refractivity contribution in [3.8, 4) is 0 Å². The lowest BCUT2D eigenvalue weighted by atomic mass is 9.77. The second-order valence-corrected chi connectivity index (χ2v) is 4.61. The van der Waals surface area contributed by atoms with Crippen molar-refractivity contribution in [1.29, 1.82) is 0 Å². The van der Waals surface area contributed by atoms with Gasteiger partial charge < -0.3 is 5.32 Å². The van der Waals surface area contributed by atoms with Crippen LogP contribution in [-0.4, -0.2) is 23.8 Å². The topological polar surface area (TPSA) is 75.3 Å². The highest BCUT2D eigenvalue weighted by molar-refractivity contribution is 6.05. The molecule has 0 bridgehead atoms. The van der Waals surface area contributed by atoms with Gasteiger partial charge in [0.15, 0.2) is 0 Å². The summed E-state index contributed by atoms with van der Waals surface area (Å²) in [6.07, 6.45) is 3.74. The molecule has 3 aliphatic rings. The molecule has 0 aromatic carbocycles. The summed E-state index contributed by atoms with van der Waals surface area (Å²) in [4.78, 5) is 33.7. The number of carbonyl (C=O) groups excluding carboxylic acids is 3. The van der Waals surface area contributed by atoms with E-state index >= 15 is 0 Å². The second kappa shape index (κ2) is 3.17. The van der Waals surface area contributed by atoms with Crippen LogP contribution in [0.15, 0.2) is 11.6 Å². The Labute approximate surface area is 92.3 Å². The Morgan fingerprint density at radius 1 is 1.06 bits per heavy atom. The third kappa shape index (κ3) is 1.27. The van der Waals surface area contributed by atoms with Gasteiger partial charge in [0.2, 0.25) is 17.7 Å². The average molecular weight is 220 g/mol. The van der Waals surface area contributed by atoms with Gasteiger partial charge in [0.1, 0.15) is 0 Å². The SMILES string of the molecule is O=C1CC(C2=CCC3C(=O)NC(=O)C3C2)N1. The highest BCUT2D eigenvalue weighted by Crippen LogP contribution is 2.36. The van der Waals surface area contributed by atoms with Crippen molar-refractivity contribution in [3.63, 3.8) is 0 Å². The average Bonchev–Trinajstić information content (AvgIpc) is 2.50. The van der Waals surface area contributed by atoms with Crippen LogP contribution in [0.3, 0.4) is 0 Å². The van der Waals surface area contributed by atoms with Crippen molar-refractivity contribution >= 4 is 17.7 Å². The first-order chi connectivity index (χ1) is 7.65. The lowest BCUT2D eigenvalue weighted by Crippen LogP contribution is -2.50. The van der Waals surface area contributed by atoms with E-state index in [-0.39, 0.29) is 35.6 Å². The Hall–Kier alpha value is -1.65. The number of hydrogen-bond acceptors (Lipinski definition) is 3. The molecule has 3 unspecified atom stereocenters. The van der Waals surface area contributed by atoms with Gasteiger partial charge in [-0.15, -0.1) is 0 Å². The third-order valence-corrected chi connectivity index (χ3v) is 3.67. The molecular weight excluding hydrogens is 208 g/mol. The van der Waals surface area contributed by atoms with E-state index in [9.17, 15) is 14.4 Å². The van der Waals surface area contributed by atoms with Crippen molar-refractivity contribution < 1.29 is 14.4 Å². The summed E-state index contributed by atoms with van der Waals surface area (Å²) >= 11 is 0. The molecule has 84 valence electrons. The van der Waals surface area contributed by atoms with E-state index < -0.39 is 0 Å². The normalized spacial score (nSPS) is 37.1. The van der Waals surface area contributed by atoms with Crippen LogP contribution < -0.4 is 10.6 Å². The highest BCUT2D eigenvalue weighted by Gasteiger charge is 2.44. The van der Waals surface area contributed by atoms with Crippen LogP contribution in [0.2, 0.25) is 0 Å². The quantitative estimate of drug-likeness (QED) is 0.355. The maximum Gasteiger partial charge on any atom is 0.230 e. The maximum atomic E-state index is 11.5. The summed E-state index contributed by atoms with van der Waals surface area (Å²) in [5.41, 5.74) is 1.10. The summed E-state index contributed by atoms with van der Waals surface area (Å²) in [6, 6.07) is 0.0944. The van der Waals surface area contributed by atoms with Crippen molar-refractivity contribution in [2.24, 2.45) is 11.8 Å². The van der Waals surface area contributed by atoms with Gasteiger partial charge in [-0.1, -0.05) is 11.6 Å². The largest absolute Gasteiger partial charge is 0.349 e. The van der Waals surface area contributed by atoms with E-state index in [0.29, 0.717) is 19.3 Å². The lowest BCUT2D eigenvalue weighted by molar-refractivity contribution is -0.128. The molecule has 0 spiro atoms. The van der Waals surface area contributed by atoms with Crippen LogP contribution >= 0.6 is 0 Å². The Morgan fingerprint density at radius 3 is 2.44 bits per heavy atom. The number of amides is 3. The fraction of sp³-hybridized carbons (Fsp3) is 0.545. The monoisotopic (exact) mass is 220 g/mol. The minimum Gasteiger partial charge on any atom is -0.349 e. The fourth-order valence-electron chi connectivity index (χ4n) is 2.66. The number of carbonyl (C=O) groups is 3. The van der Waals surface area contributed by atoms with Crippen LogP contribution in [0.1, 0.15) is 19.3 Å². The van der Waals surface area contributed by atoms with E-state index in [1.54, 1.807) is 0 Å². The van der Waals surface area contributed by atoms with Gasteiger partial charge in [0.05, 0.1) is 24.3 Å². The minimum absolute atomic E-state index is 0.0555. The van der Waals surface area contributed by atoms with Gasteiger partial charge in [-0.05, 0) is 12.8 Å². The maximum absolute atomic E-state index is 11.5. The van der Waals surface area contributed by atoms with Gasteiger partial charge in [-0.2, -0.15) is 0 Å². The summed E-state index contributed by atoms with van der Waals surface area (Å²) in [6.45, 7) is 0. The molecule has 0 saturated carbocycles. The summed E-state index contributed by atoms with van der Waals surface area (Å²) < 4.78 is 0. The molecule has 16 heavy (non-hydrogen) atoms. The zero-order valence-electron chi connectivity index (χ0n) is 8.66. The Balaban J connectivity index is 1.77. The number of β-lactam (4-membered cyclic amide) rings is 1. The van der Waals surface area contributed by atoms with Gasteiger partial charge >= 0.3 is 0 Å². The molecule has 5 nitrogen and oxygen atoms in total. The van der Waals surface area contributed by atoms with Crippen LogP contribution in [0.4, 0.5) is 0 Å². The third-order valence-electron chi connectivity index (χ3n) is 3.67. The molecule has 2 aliphatic heterocycles. The molecule has 2 fully saturated rings. The molecule has 2 heterocycles. The first-order valence-corrected chi connectivity index (χ1v) is 5.48. The van der Waals surface area contributed by atoms with E-state index in [0.717, 1.165) is 5.57 Å². The molecule has 3 amide bonds. The smallest absolute Gasteiger partial charge is 0.230 e. The van der Waals surface area contributed by atoms with Crippen LogP contribution in [0.5, 0.6) is 0 Å². The number of allylic oxidation sites excluding steroid dienone is 1. The van der Waals surface area contributed by atoms with Gasteiger partial charge in [0.25, 0.3) is 0 Å². The number of rotatable bonds is 1. The van der Waals surface area contributed by atoms with E-state index in [2.05, 4.69) is 10.6 Å². The zero-order valence-corrected chi connectivity index (χ0v) is 8.66. The lowest BCUT2D eigenvalue weighted by Gasteiger charge is -2.33. The van der Waals surface area contributed by atoms with Crippen LogP contribution in [0, 0.1) is 11.8 Å². The molecule has 0 aromatic heterocycles. The molecule has 3 rings (SSSR count). The summed E-state index contributed by atoms with van der Waals surface area (Å²) in [7, 11) is 0. The first kappa shape index (κ1) is 9.57. The minimum atomic E-state index is -0.218. The molecule has 2 saturated heterocycles. The second-order valence-electron chi connectivity index (χ2n) is 4.61. The molecule has 5 heteroatoms. The predicted molar refractivity (Wildman–Crippen MR) is 54.0 cm³/mol. The summed E-state index contributed by atoms with van der Waals surface area (Å²) in [5, 5.41) is 5.16. The highest BCUT2D eigenvalue weighted by atomic mass is 16.2. The van der Waals surface area contributed by atoms with Gasteiger partial charge in [0, 0.05) is 0 Å². The number of nitrogens with one attached hydrogen (secondary N) is 2. The van der Waals surface area contributed by atoms with Crippen molar-refractivity contribution in [2.45, 2.75) is 25.3 Å². The Kier molecular flexibility index (Phi) is 1.89. The predicted octanol–water partition coefficient (Wildman–Crippen LogP) is -0.516. The molecule has 0 radical (unpaired) electrons. The van der Waals surface area contributed by atoms with Crippen molar-refractivity contribution in [3.05, 3.63) is 11.6 Å². The molecule has 3 atom stereocenters. The Morgan fingerprint density at radius 2 is 1.75 bits per heavy atom. The zero-order chi connectivity index (χ0) is 11.3. The molecule has 1 aliphatic carbocycles. The standard InChI is InChI=1S/C11H12N2O3/c14-9-4-8(12-9)5-1-2-6-7(3-5)11(16)13-10(6)15/h1,6-8H,2-4H2,(H,12,14)(H,13,15,16). The fourth-order valence-corrected chi connectivity index (χ4v) is 2.66. The van der Waals surface area contributed by atoms with Crippen LogP contribution in [0.25, 0.3) is 0 Å². The molecule has 0 aromatic rings. The van der Waals surface area contributed by atoms with Gasteiger partial charge in [-0.3, -0.25) is 19.7 Å². The van der Waals surface area contributed by atoms with E-state index in [1.807, 2.05) is 6.08 Å². The van der Waals surface area contributed by atoms with Crippen LogP contribution in [-0.2, 0) is 14.4 Å². The van der Waals surface area contributed by atoms with E-state index in [1.165, 1.54) is 0 Å². The number of fused-ring (bicyclic) bond motifs is 1. The van der Waals surface area contributed by atoms with Gasteiger partial charge in [-0.25, -0.2) is 0 Å². The summed E-state index contributed by atoms with van der Waals surface area (Å²) in [5.74, 6) is -0.661. The first-order valence-electron chi connectivity index (χ1n) is 5.48. The van der Waals surface area contributed by atoms with Crippen molar-refractivity contribution in [2.75, 3.05) is 0 Å². The Bertz CT molecular complexity index is 419. The molecular formula is C11H12N2O3.